The van der Waals surface area contributed by atoms with E-state index in [1.54, 1.807) is 0 Å². The van der Waals surface area contributed by atoms with E-state index in [1.165, 1.54) is 6.41 Å². The summed E-state index contributed by atoms with van der Waals surface area (Å²) in [6.07, 6.45) is 2.00. The monoisotopic (exact) mass is 190 g/mol. The maximum absolute atomic E-state index is 10.8. The van der Waals surface area contributed by atoms with Gasteiger partial charge in [-0.3, -0.25) is 4.79 Å². The minimum atomic E-state index is -0.655. The first-order chi connectivity index (χ1) is 6.83. The van der Waals surface area contributed by atoms with Crippen molar-refractivity contribution in [2.75, 3.05) is 0 Å². The van der Waals surface area contributed by atoms with E-state index < -0.39 is 5.97 Å². The average Bonchev–Trinajstić information content (AvgIpc) is 2.25. The SMILES string of the molecule is O=[C]N=CC(=O)OCc1ccccc1. The van der Waals surface area contributed by atoms with Crippen molar-refractivity contribution in [3.8, 4) is 0 Å². The Kier molecular flexibility index (Phi) is 4.07. The first kappa shape index (κ1) is 10.1. The van der Waals surface area contributed by atoms with Crippen molar-refractivity contribution < 1.29 is 14.3 Å². The lowest BCUT2D eigenvalue weighted by atomic mass is 10.2. The smallest absolute Gasteiger partial charge is 0.349 e. The number of amides is 1. The van der Waals surface area contributed by atoms with Crippen LogP contribution >= 0.6 is 0 Å². The number of carbonyl (C=O) groups is 1. The quantitative estimate of drug-likeness (QED) is 0.522. The molecule has 4 heteroatoms. The number of rotatable bonds is 4. The van der Waals surface area contributed by atoms with Gasteiger partial charge in [-0.2, -0.15) is 0 Å². The molecule has 0 atom stereocenters. The highest BCUT2D eigenvalue weighted by molar-refractivity contribution is 6.24. The van der Waals surface area contributed by atoms with Gasteiger partial charge in [0.15, 0.2) is 0 Å². The van der Waals surface area contributed by atoms with Crippen LogP contribution in [0.5, 0.6) is 0 Å². The van der Waals surface area contributed by atoms with E-state index in [2.05, 4.69) is 4.99 Å². The molecule has 0 bridgehead atoms. The van der Waals surface area contributed by atoms with Crippen LogP contribution in [-0.2, 0) is 20.9 Å². The molecule has 1 rings (SSSR count). The van der Waals surface area contributed by atoms with E-state index in [1.807, 2.05) is 30.3 Å². The first-order valence-corrected chi connectivity index (χ1v) is 3.94. The molecule has 1 amide bonds. The summed E-state index contributed by atoms with van der Waals surface area (Å²) in [5, 5.41) is 0. The molecule has 4 nitrogen and oxygen atoms in total. The third-order valence-corrected chi connectivity index (χ3v) is 1.45. The molecule has 1 radical (unpaired) electrons. The molecule has 14 heavy (non-hydrogen) atoms. The van der Waals surface area contributed by atoms with Crippen LogP contribution in [0.2, 0.25) is 0 Å². The lowest BCUT2D eigenvalue weighted by Gasteiger charge is -2.00. The standard InChI is InChI=1S/C10H8NO3/c12-8-11-6-10(13)14-7-9-4-2-1-3-5-9/h1-6H,7H2. The van der Waals surface area contributed by atoms with Crippen molar-refractivity contribution in [3.05, 3.63) is 35.9 Å². The number of esters is 1. The second kappa shape index (κ2) is 5.64. The molecule has 71 valence electrons. The van der Waals surface area contributed by atoms with Gasteiger partial charge in [-0.25, -0.2) is 9.79 Å². The summed E-state index contributed by atoms with van der Waals surface area (Å²) in [4.78, 5) is 23.5. The summed E-state index contributed by atoms with van der Waals surface area (Å²) in [7, 11) is 0. The lowest BCUT2D eigenvalue weighted by Crippen LogP contribution is -2.05. The minimum absolute atomic E-state index is 0.171. The molecule has 1 aromatic rings. The van der Waals surface area contributed by atoms with Crippen molar-refractivity contribution >= 4 is 18.6 Å². The van der Waals surface area contributed by atoms with Gasteiger partial charge in [0.25, 0.3) is 0 Å². The topological polar surface area (TPSA) is 55.7 Å². The Bertz CT molecular complexity index is 332. The highest BCUT2D eigenvalue weighted by atomic mass is 16.5. The van der Waals surface area contributed by atoms with Crippen LogP contribution < -0.4 is 0 Å². The number of hydrogen-bond donors (Lipinski definition) is 0. The second-order valence-electron chi connectivity index (χ2n) is 2.44. The van der Waals surface area contributed by atoms with Crippen LogP contribution in [0.3, 0.4) is 0 Å². The minimum Gasteiger partial charge on any atom is -0.457 e. The molecule has 0 saturated heterocycles. The lowest BCUT2D eigenvalue weighted by molar-refractivity contribution is -0.136. The zero-order valence-electron chi connectivity index (χ0n) is 7.34. The summed E-state index contributed by atoms with van der Waals surface area (Å²) in [6.45, 7) is 0.171. The van der Waals surface area contributed by atoms with Gasteiger partial charge in [0.2, 0.25) is 0 Å². The predicted molar refractivity (Wildman–Crippen MR) is 50.4 cm³/mol. The van der Waals surface area contributed by atoms with Gasteiger partial charge >= 0.3 is 12.4 Å². The van der Waals surface area contributed by atoms with Crippen LogP contribution in [0.4, 0.5) is 0 Å². The number of aliphatic imine (C=N–C) groups is 1. The first-order valence-electron chi connectivity index (χ1n) is 3.94. The molecule has 0 heterocycles. The van der Waals surface area contributed by atoms with Gasteiger partial charge in [0, 0.05) is 0 Å². The van der Waals surface area contributed by atoms with E-state index in [4.69, 9.17) is 4.74 Å². The van der Waals surface area contributed by atoms with Gasteiger partial charge in [0.1, 0.15) is 12.8 Å². The fraction of sp³-hybridized carbons (Fsp3) is 0.100. The van der Waals surface area contributed by atoms with Crippen LogP contribution in [0.1, 0.15) is 5.56 Å². The Morgan fingerprint density at radius 3 is 2.79 bits per heavy atom. The molecule has 0 saturated carbocycles. The van der Waals surface area contributed by atoms with Crippen LogP contribution in [-0.4, -0.2) is 18.6 Å². The summed E-state index contributed by atoms with van der Waals surface area (Å²) in [6, 6.07) is 9.22. The molecular weight excluding hydrogens is 182 g/mol. The van der Waals surface area contributed by atoms with E-state index in [0.717, 1.165) is 11.8 Å². The maximum atomic E-state index is 10.8. The molecule has 0 aliphatic heterocycles. The third-order valence-electron chi connectivity index (χ3n) is 1.45. The highest BCUT2D eigenvalue weighted by Gasteiger charge is 1.97. The molecule has 0 unspecified atom stereocenters. The number of benzene rings is 1. The number of ether oxygens (including phenoxy) is 1. The molecule has 0 fully saturated rings. The van der Waals surface area contributed by atoms with E-state index in [9.17, 15) is 9.59 Å². The Labute approximate surface area is 81.2 Å². The summed E-state index contributed by atoms with van der Waals surface area (Å²) in [5.74, 6) is -0.655. The molecule has 0 aromatic heterocycles. The number of nitrogens with zero attached hydrogens (tertiary/aromatic N) is 1. The average molecular weight is 190 g/mol. The zero-order valence-corrected chi connectivity index (χ0v) is 7.34. The molecule has 0 aliphatic rings. The fourth-order valence-corrected chi connectivity index (χ4v) is 0.845. The molecule has 0 N–H and O–H groups in total. The summed E-state index contributed by atoms with van der Waals surface area (Å²) in [5.41, 5.74) is 0.879. The van der Waals surface area contributed by atoms with E-state index >= 15 is 0 Å². The Morgan fingerprint density at radius 2 is 2.14 bits per heavy atom. The van der Waals surface area contributed by atoms with Crippen LogP contribution in [0.25, 0.3) is 0 Å². The Hall–Kier alpha value is -1.97. The highest BCUT2D eigenvalue weighted by Crippen LogP contribution is 1.99. The summed E-state index contributed by atoms with van der Waals surface area (Å²) >= 11 is 0. The van der Waals surface area contributed by atoms with Gasteiger partial charge < -0.3 is 4.74 Å². The molecule has 0 spiro atoms. The van der Waals surface area contributed by atoms with Gasteiger partial charge in [-0.15, -0.1) is 0 Å². The van der Waals surface area contributed by atoms with E-state index in [0.29, 0.717) is 0 Å². The fourth-order valence-electron chi connectivity index (χ4n) is 0.845. The van der Waals surface area contributed by atoms with Crippen LogP contribution in [0, 0.1) is 0 Å². The summed E-state index contributed by atoms with van der Waals surface area (Å²) < 4.78 is 4.76. The van der Waals surface area contributed by atoms with E-state index in [-0.39, 0.29) is 6.61 Å². The van der Waals surface area contributed by atoms with Crippen molar-refractivity contribution in [2.24, 2.45) is 4.99 Å². The van der Waals surface area contributed by atoms with Crippen molar-refractivity contribution in [1.29, 1.82) is 0 Å². The Balaban J connectivity index is 2.38. The maximum Gasteiger partial charge on any atom is 0.349 e. The van der Waals surface area contributed by atoms with Crippen molar-refractivity contribution in [2.45, 2.75) is 6.61 Å². The van der Waals surface area contributed by atoms with Gasteiger partial charge in [-0.05, 0) is 5.56 Å². The largest absolute Gasteiger partial charge is 0.457 e. The van der Waals surface area contributed by atoms with Gasteiger partial charge in [-0.1, -0.05) is 30.3 Å². The number of carbonyl (C=O) groups excluding carboxylic acids is 2. The van der Waals surface area contributed by atoms with Crippen molar-refractivity contribution in [1.82, 2.24) is 0 Å². The third kappa shape index (κ3) is 3.62. The molecular formula is C10H8NO3. The van der Waals surface area contributed by atoms with Crippen LogP contribution in [0.15, 0.2) is 35.3 Å². The Morgan fingerprint density at radius 1 is 1.43 bits per heavy atom. The van der Waals surface area contributed by atoms with Gasteiger partial charge in [0.05, 0.1) is 0 Å². The number of hydrogen-bond acceptors (Lipinski definition) is 3. The molecule has 1 aromatic carbocycles. The van der Waals surface area contributed by atoms with Crippen molar-refractivity contribution in [3.63, 3.8) is 0 Å². The normalized spacial score (nSPS) is 10.0. The predicted octanol–water partition coefficient (Wildman–Crippen LogP) is 0.868. The second-order valence-corrected chi connectivity index (χ2v) is 2.44. The molecule has 0 aliphatic carbocycles. The zero-order chi connectivity index (χ0) is 10.2.